The van der Waals surface area contributed by atoms with Crippen LogP contribution >= 0.6 is 35.0 Å². The quantitative estimate of drug-likeness (QED) is 0.740. The van der Waals surface area contributed by atoms with Gasteiger partial charge in [0, 0.05) is 10.8 Å². The molecule has 0 amide bonds. The van der Waals surface area contributed by atoms with Crippen molar-refractivity contribution in [3.05, 3.63) is 28.2 Å². The third-order valence-electron chi connectivity index (χ3n) is 4.06. The Hall–Kier alpha value is -0.380. The lowest BCUT2D eigenvalue weighted by Gasteiger charge is -2.33. The molecule has 1 aromatic carbocycles. The fourth-order valence-electron chi connectivity index (χ4n) is 3.12. The molecule has 5 heteroatoms. The summed E-state index contributed by atoms with van der Waals surface area (Å²) in [6.07, 6.45) is 5.05. The Bertz CT molecular complexity index is 547. The molecular weight excluding hydrogens is 311 g/mol. The predicted octanol–water partition coefficient (Wildman–Crippen LogP) is 5.46. The van der Waals surface area contributed by atoms with Gasteiger partial charge in [0.2, 0.25) is 0 Å². The molecule has 1 aliphatic heterocycles. The second-order valence-corrected chi connectivity index (χ2v) is 7.69. The first-order valence-corrected chi connectivity index (χ1v) is 8.75. The van der Waals surface area contributed by atoms with Crippen molar-refractivity contribution in [3.63, 3.8) is 0 Å². The molecule has 1 aliphatic carbocycles. The Balaban J connectivity index is 1.75. The van der Waals surface area contributed by atoms with Gasteiger partial charge in [-0.1, -0.05) is 54.7 Å². The summed E-state index contributed by atoms with van der Waals surface area (Å²) in [5, 5.41) is 5.62. The summed E-state index contributed by atoms with van der Waals surface area (Å²) in [6.45, 7) is 2.34. The molecule has 1 N–H and O–H groups in total. The van der Waals surface area contributed by atoms with Gasteiger partial charge in [-0.2, -0.15) is 0 Å². The zero-order valence-corrected chi connectivity index (χ0v) is 13.8. The maximum absolute atomic E-state index is 6.20. The van der Waals surface area contributed by atoms with Crippen molar-refractivity contribution in [2.45, 2.75) is 38.1 Å². The van der Waals surface area contributed by atoms with E-state index in [-0.39, 0.29) is 5.54 Å². The van der Waals surface area contributed by atoms with Gasteiger partial charge in [-0.05, 0) is 37.0 Å². The molecule has 1 fully saturated rings. The Labute approximate surface area is 134 Å². The van der Waals surface area contributed by atoms with E-state index in [4.69, 9.17) is 28.2 Å². The van der Waals surface area contributed by atoms with Crippen LogP contribution in [0.15, 0.2) is 23.2 Å². The van der Waals surface area contributed by atoms with Crippen LogP contribution in [-0.4, -0.2) is 16.5 Å². The maximum Gasteiger partial charge on any atom is 0.161 e. The second-order valence-electron chi connectivity index (χ2n) is 5.88. The number of rotatable bonds is 1. The molecule has 0 aromatic heterocycles. The van der Waals surface area contributed by atoms with Crippen LogP contribution in [0, 0.1) is 5.92 Å². The number of thioether (sulfide) groups is 1. The molecular formula is C15H18Cl2N2S. The highest BCUT2D eigenvalue weighted by Crippen LogP contribution is 2.42. The molecule has 2 aliphatic rings. The third kappa shape index (κ3) is 3.10. The number of nitrogens with zero attached hydrogens (tertiary/aromatic N) is 1. The maximum atomic E-state index is 6.20. The van der Waals surface area contributed by atoms with Crippen LogP contribution in [0.5, 0.6) is 0 Å². The average Bonchev–Trinajstić information content (AvgIpc) is 2.75. The monoisotopic (exact) mass is 328 g/mol. The van der Waals surface area contributed by atoms with Crippen molar-refractivity contribution >= 4 is 45.8 Å². The van der Waals surface area contributed by atoms with Gasteiger partial charge < -0.3 is 5.32 Å². The van der Waals surface area contributed by atoms with Crippen LogP contribution in [-0.2, 0) is 0 Å². The van der Waals surface area contributed by atoms with Gasteiger partial charge in [-0.3, -0.25) is 4.99 Å². The van der Waals surface area contributed by atoms with Gasteiger partial charge >= 0.3 is 0 Å². The molecule has 2 nitrogen and oxygen atoms in total. The van der Waals surface area contributed by atoms with Gasteiger partial charge in [0.15, 0.2) is 5.17 Å². The fraction of sp³-hybridized carbons (Fsp3) is 0.533. The van der Waals surface area contributed by atoms with Crippen molar-refractivity contribution in [2.24, 2.45) is 10.9 Å². The molecule has 1 aromatic rings. The molecule has 3 rings (SSSR count). The average molecular weight is 329 g/mol. The molecule has 0 saturated heterocycles. The van der Waals surface area contributed by atoms with E-state index >= 15 is 0 Å². The zero-order valence-electron chi connectivity index (χ0n) is 11.5. The molecule has 2 unspecified atom stereocenters. The molecule has 108 valence electrons. The van der Waals surface area contributed by atoms with Gasteiger partial charge in [0.05, 0.1) is 16.2 Å². The summed E-state index contributed by atoms with van der Waals surface area (Å²) in [7, 11) is 0. The van der Waals surface area contributed by atoms with E-state index in [2.05, 4.69) is 12.2 Å². The summed E-state index contributed by atoms with van der Waals surface area (Å²) in [5.41, 5.74) is 1.03. The standard InChI is InChI=1S/C15H18Cl2N2S/c1-10-3-2-6-15(8-10)9-20-14(19-15)18-13-5-4-11(16)7-12(13)17/h4-5,7,10H,2-3,6,8-9H2,1H3,(H,18,19). The smallest absolute Gasteiger partial charge is 0.161 e. The first-order valence-electron chi connectivity index (χ1n) is 7.01. The first-order chi connectivity index (χ1) is 9.56. The lowest BCUT2D eigenvalue weighted by atomic mass is 9.78. The van der Waals surface area contributed by atoms with Crippen LogP contribution in [0.2, 0.25) is 10.0 Å². The molecule has 1 saturated carbocycles. The first kappa shape index (κ1) is 14.6. The lowest BCUT2D eigenvalue weighted by Crippen LogP contribution is -2.33. The number of halogens is 2. The Morgan fingerprint density at radius 3 is 3.00 bits per heavy atom. The second kappa shape index (κ2) is 5.78. The number of nitrogens with one attached hydrogen (secondary N) is 1. The van der Waals surface area contributed by atoms with Gasteiger partial charge in [0.25, 0.3) is 0 Å². The number of anilines is 1. The molecule has 0 bridgehead atoms. The largest absolute Gasteiger partial charge is 0.334 e. The van der Waals surface area contributed by atoms with E-state index in [9.17, 15) is 0 Å². The third-order valence-corrected chi connectivity index (χ3v) is 5.75. The minimum Gasteiger partial charge on any atom is -0.334 e. The Morgan fingerprint density at radius 1 is 1.40 bits per heavy atom. The van der Waals surface area contributed by atoms with Gasteiger partial charge in [-0.25, -0.2) is 0 Å². The number of hydrogen-bond donors (Lipinski definition) is 1. The van der Waals surface area contributed by atoms with Crippen LogP contribution < -0.4 is 5.32 Å². The van der Waals surface area contributed by atoms with E-state index in [0.717, 1.165) is 22.5 Å². The highest BCUT2D eigenvalue weighted by molar-refractivity contribution is 8.14. The summed E-state index contributed by atoms with van der Waals surface area (Å²) in [6, 6.07) is 5.50. The van der Waals surface area contributed by atoms with Crippen molar-refractivity contribution in [3.8, 4) is 0 Å². The van der Waals surface area contributed by atoms with Crippen LogP contribution in [0.1, 0.15) is 32.6 Å². The van der Waals surface area contributed by atoms with Gasteiger partial charge in [-0.15, -0.1) is 0 Å². The molecule has 1 spiro atoms. The Kier molecular flexibility index (Phi) is 4.21. The molecule has 2 atom stereocenters. The zero-order chi connectivity index (χ0) is 14.2. The fourth-order valence-corrected chi connectivity index (χ4v) is 4.75. The normalized spacial score (nSPS) is 29.6. The summed E-state index contributed by atoms with van der Waals surface area (Å²) < 4.78 is 0. The SMILES string of the molecule is CC1CCCC2(CSC(Nc3ccc(Cl)cc3Cl)=N2)C1. The number of amidine groups is 1. The van der Waals surface area contributed by atoms with E-state index in [1.807, 2.05) is 12.1 Å². The van der Waals surface area contributed by atoms with Gasteiger partial charge in [0.1, 0.15) is 0 Å². The van der Waals surface area contributed by atoms with Crippen molar-refractivity contribution < 1.29 is 0 Å². The van der Waals surface area contributed by atoms with E-state index < -0.39 is 0 Å². The van der Waals surface area contributed by atoms with E-state index in [0.29, 0.717) is 10.0 Å². The summed E-state index contributed by atoms with van der Waals surface area (Å²) in [5.74, 6) is 1.87. The molecule has 20 heavy (non-hydrogen) atoms. The minimum atomic E-state index is 0.156. The number of benzene rings is 1. The lowest BCUT2D eigenvalue weighted by molar-refractivity contribution is 0.266. The van der Waals surface area contributed by atoms with Crippen LogP contribution in [0.4, 0.5) is 5.69 Å². The Morgan fingerprint density at radius 2 is 2.25 bits per heavy atom. The number of hydrogen-bond acceptors (Lipinski definition) is 3. The topological polar surface area (TPSA) is 24.4 Å². The minimum absolute atomic E-state index is 0.156. The van der Waals surface area contributed by atoms with Crippen LogP contribution in [0.3, 0.4) is 0 Å². The molecule has 0 radical (unpaired) electrons. The van der Waals surface area contributed by atoms with Crippen molar-refractivity contribution in [1.82, 2.24) is 0 Å². The highest BCUT2D eigenvalue weighted by Gasteiger charge is 2.39. The summed E-state index contributed by atoms with van der Waals surface area (Å²) >= 11 is 13.9. The van der Waals surface area contributed by atoms with E-state index in [1.165, 1.54) is 25.7 Å². The van der Waals surface area contributed by atoms with Crippen molar-refractivity contribution in [1.29, 1.82) is 0 Å². The van der Waals surface area contributed by atoms with Crippen LogP contribution in [0.25, 0.3) is 0 Å². The summed E-state index contributed by atoms with van der Waals surface area (Å²) in [4.78, 5) is 4.97. The number of aliphatic imine (C=N–C) groups is 1. The van der Waals surface area contributed by atoms with Crippen molar-refractivity contribution in [2.75, 3.05) is 11.1 Å². The molecule has 1 heterocycles. The van der Waals surface area contributed by atoms with E-state index in [1.54, 1.807) is 17.8 Å². The highest BCUT2D eigenvalue weighted by atomic mass is 35.5. The predicted molar refractivity (Wildman–Crippen MR) is 90.3 cm³/mol.